The summed E-state index contributed by atoms with van der Waals surface area (Å²) in [5, 5.41) is 17.3. The van der Waals surface area contributed by atoms with E-state index in [9.17, 15) is 4.79 Å². The quantitative estimate of drug-likeness (QED) is 0.835. The standard InChI is InChI=1S/C11H11N3O2S/c1-14-10(8-5-3-2-4-6-8)12-13-11(14)17-7-9(15)16/h2-6H,7H2,1H3,(H,15,16). The predicted octanol–water partition coefficient (Wildman–Crippen LogP) is 1.66. The molecule has 0 radical (unpaired) electrons. The summed E-state index contributed by atoms with van der Waals surface area (Å²) in [5.41, 5.74) is 0.963. The molecular formula is C11H11N3O2S. The zero-order chi connectivity index (χ0) is 12.3. The van der Waals surface area contributed by atoms with Crippen LogP contribution in [0.4, 0.5) is 0 Å². The van der Waals surface area contributed by atoms with Gasteiger partial charge in [0.25, 0.3) is 0 Å². The highest BCUT2D eigenvalue weighted by Crippen LogP contribution is 2.21. The molecule has 0 bridgehead atoms. The molecule has 0 spiro atoms. The molecule has 1 N–H and O–H groups in total. The van der Waals surface area contributed by atoms with Crippen molar-refractivity contribution in [3.63, 3.8) is 0 Å². The number of aliphatic carboxylic acids is 1. The molecule has 0 fully saturated rings. The maximum atomic E-state index is 10.5. The van der Waals surface area contributed by atoms with Crippen LogP contribution in [0.3, 0.4) is 0 Å². The van der Waals surface area contributed by atoms with E-state index in [1.165, 1.54) is 0 Å². The number of carboxylic acid groups (broad SMARTS) is 1. The van der Waals surface area contributed by atoms with Gasteiger partial charge >= 0.3 is 5.97 Å². The Labute approximate surface area is 102 Å². The lowest BCUT2D eigenvalue weighted by Gasteiger charge is -2.02. The first-order valence-electron chi connectivity index (χ1n) is 4.98. The number of aromatic nitrogens is 3. The van der Waals surface area contributed by atoms with Gasteiger partial charge in [0.2, 0.25) is 0 Å². The summed E-state index contributed by atoms with van der Waals surface area (Å²) >= 11 is 1.16. The van der Waals surface area contributed by atoms with Gasteiger partial charge in [0.1, 0.15) is 0 Å². The first-order valence-corrected chi connectivity index (χ1v) is 5.96. The van der Waals surface area contributed by atoms with Gasteiger partial charge in [-0.1, -0.05) is 42.1 Å². The lowest BCUT2D eigenvalue weighted by molar-refractivity contribution is -0.133. The third kappa shape index (κ3) is 2.65. The Morgan fingerprint density at radius 1 is 1.35 bits per heavy atom. The largest absolute Gasteiger partial charge is 0.481 e. The summed E-state index contributed by atoms with van der Waals surface area (Å²) in [6, 6.07) is 9.66. The Hall–Kier alpha value is -1.82. The maximum Gasteiger partial charge on any atom is 0.313 e. The van der Waals surface area contributed by atoms with Crippen molar-refractivity contribution in [2.24, 2.45) is 7.05 Å². The molecule has 0 atom stereocenters. The predicted molar refractivity (Wildman–Crippen MR) is 64.8 cm³/mol. The molecule has 2 aromatic rings. The number of benzene rings is 1. The molecule has 0 saturated heterocycles. The molecule has 17 heavy (non-hydrogen) atoms. The van der Waals surface area contributed by atoms with Crippen molar-refractivity contribution in [1.82, 2.24) is 14.8 Å². The average Bonchev–Trinajstić information content (AvgIpc) is 2.69. The van der Waals surface area contributed by atoms with Gasteiger partial charge in [-0.2, -0.15) is 0 Å². The minimum absolute atomic E-state index is 0.0131. The van der Waals surface area contributed by atoms with E-state index < -0.39 is 5.97 Å². The highest BCUT2D eigenvalue weighted by atomic mass is 32.2. The van der Waals surface area contributed by atoms with Crippen LogP contribution >= 0.6 is 11.8 Å². The molecule has 1 aromatic carbocycles. The Balaban J connectivity index is 2.24. The Morgan fingerprint density at radius 2 is 2.06 bits per heavy atom. The van der Waals surface area contributed by atoms with Crippen molar-refractivity contribution in [3.05, 3.63) is 30.3 Å². The van der Waals surface area contributed by atoms with Crippen molar-refractivity contribution < 1.29 is 9.90 Å². The third-order valence-corrected chi connectivity index (χ3v) is 3.20. The summed E-state index contributed by atoms with van der Waals surface area (Å²) in [7, 11) is 1.83. The van der Waals surface area contributed by atoms with Gasteiger partial charge in [-0.3, -0.25) is 4.79 Å². The Morgan fingerprint density at radius 3 is 2.71 bits per heavy atom. The van der Waals surface area contributed by atoms with E-state index in [0.717, 1.165) is 23.1 Å². The molecule has 0 amide bonds. The van der Waals surface area contributed by atoms with Crippen molar-refractivity contribution in [2.75, 3.05) is 5.75 Å². The molecule has 5 nitrogen and oxygen atoms in total. The first kappa shape index (κ1) is 11.7. The second-order valence-corrected chi connectivity index (χ2v) is 4.36. The molecule has 0 aliphatic rings. The van der Waals surface area contributed by atoms with Crippen molar-refractivity contribution in [1.29, 1.82) is 0 Å². The zero-order valence-electron chi connectivity index (χ0n) is 9.20. The van der Waals surface area contributed by atoms with Crippen LogP contribution in [0, 0.1) is 0 Å². The van der Waals surface area contributed by atoms with E-state index in [-0.39, 0.29) is 5.75 Å². The SMILES string of the molecule is Cn1c(SCC(=O)O)nnc1-c1ccccc1. The fraction of sp³-hybridized carbons (Fsp3) is 0.182. The van der Waals surface area contributed by atoms with Gasteiger partial charge in [-0.05, 0) is 0 Å². The van der Waals surface area contributed by atoms with E-state index in [2.05, 4.69) is 10.2 Å². The Kier molecular flexibility index (Phi) is 3.43. The van der Waals surface area contributed by atoms with E-state index in [4.69, 9.17) is 5.11 Å². The molecule has 1 aromatic heterocycles. The van der Waals surface area contributed by atoms with Gasteiger partial charge in [-0.15, -0.1) is 10.2 Å². The van der Waals surface area contributed by atoms with Crippen LogP contribution in [0.1, 0.15) is 0 Å². The summed E-state index contributed by atoms with van der Waals surface area (Å²) in [6.45, 7) is 0. The third-order valence-electron chi connectivity index (χ3n) is 2.19. The minimum Gasteiger partial charge on any atom is -0.481 e. The fourth-order valence-corrected chi connectivity index (χ4v) is 2.04. The summed E-state index contributed by atoms with van der Waals surface area (Å²) in [5.74, 6) is -0.140. The molecule has 0 aliphatic carbocycles. The lowest BCUT2D eigenvalue weighted by Crippen LogP contribution is -2.00. The average molecular weight is 249 g/mol. The van der Waals surface area contributed by atoms with Crippen molar-refractivity contribution in [2.45, 2.75) is 5.16 Å². The normalized spacial score (nSPS) is 10.4. The van der Waals surface area contributed by atoms with E-state index in [1.807, 2.05) is 37.4 Å². The Bertz CT molecular complexity index is 525. The summed E-state index contributed by atoms with van der Waals surface area (Å²) in [4.78, 5) is 10.5. The fourth-order valence-electron chi connectivity index (χ4n) is 1.41. The molecule has 0 unspecified atom stereocenters. The highest BCUT2D eigenvalue weighted by Gasteiger charge is 2.11. The van der Waals surface area contributed by atoms with Crippen LogP contribution in [0.15, 0.2) is 35.5 Å². The molecule has 0 saturated carbocycles. The smallest absolute Gasteiger partial charge is 0.313 e. The van der Waals surface area contributed by atoms with Crippen LogP contribution in [0.5, 0.6) is 0 Å². The number of carboxylic acids is 1. The summed E-state index contributed by atoms with van der Waals surface area (Å²) in [6.07, 6.45) is 0. The molecule has 0 aliphatic heterocycles. The van der Waals surface area contributed by atoms with Gasteiger partial charge < -0.3 is 9.67 Å². The van der Waals surface area contributed by atoms with Crippen molar-refractivity contribution in [3.8, 4) is 11.4 Å². The number of hydrogen-bond donors (Lipinski definition) is 1. The first-order chi connectivity index (χ1) is 8.18. The monoisotopic (exact) mass is 249 g/mol. The second kappa shape index (κ2) is 5.01. The van der Waals surface area contributed by atoms with Crippen LogP contribution in [-0.4, -0.2) is 31.6 Å². The van der Waals surface area contributed by atoms with Gasteiger partial charge in [0.15, 0.2) is 11.0 Å². The molecule has 1 heterocycles. The van der Waals surface area contributed by atoms with E-state index >= 15 is 0 Å². The van der Waals surface area contributed by atoms with Crippen LogP contribution in [0.25, 0.3) is 11.4 Å². The topological polar surface area (TPSA) is 68.0 Å². The highest BCUT2D eigenvalue weighted by molar-refractivity contribution is 7.99. The molecular weight excluding hydrogens is 238 g/mol. The number of hydrogen-bond acceptors (Lipinski definition) is 4. The summed E-state index contributed by atoms with van der Waals surface area (Å²) < 4.78 is 1.79. The zero-order valence-corrected chi connectivity index (χ0v) is 10.0. The number of thioether (sulfide) groups is 1. The lowest BCUT2D eigenvalue weighted by atomic mass is 10.2. The van der Waals surface area contributed by atoms with Crippen LogP contribution < -0.4 is 0 Å². The van der Waals surface area contributed by atoms with Crippen LogP contribution in [0.2, 0.25) is 0 Å². The number of nitrogens with zero attached hydrogens (tertiary/aromatic N) is 3. The number of rotatable bonds is 4. The van der Waals surface area contributed by atoms with Gasteiger partial charge in [-0.25, -0.2) is 0 Å². The van der Waals surface area contributed by atoms with E-state index in [1.54, 1.807) is 4.57 Å². The molecule has 6 heteroatoms. The van der Waals surface area contributed by atoms with Crippen LogP contribution in [-0.2, 0) is 11.8 Å². The van der Waals surface area contributed by atoms with Gasteiger partial charge in [0, 0.05) is 12.6 Å². The molecule has 88 valence electrons. The second-order valence-electron chi connectivity index (χ2n) is 3.41. The van der Waals surface area contributed by atoms with Gasteiger partial charge in [0.05, 0.1) is 5.75 Å². The maximum absolute atomic E-state index is 10.5. The number of carbonyl (C=O) groups is 1. The van der Waals surface area contributed by atoms with Crippen molar-refractivity contribution >= 4 is 17.7 Å². The molecule has 2 rings (SSSR count). The van der Waals surface area contributed by atoms with E-state index in [0.29, 0.717) is 5.16 Å². The minimum atomic E-state index is -0.862.